The summed E-state index contributed by atoms with van der Waals surface area (Å²) < 4.78 is 32.7. The standard InChI is InChI=1S/C32H39BrClN3O5S/c1-23(2)21-35-32(39)29(19-24-10-6-5-7-11-24)36(22-25-12-8-13-26(33)18-25)31(38)14-9-17-37(43(4,40)41)27-15-16-30(42-3)28(34)20-27/h5-8,10-13,15-16,18,20,23,29H,9,14,17,19,21-22H2,1-4H3,(H,35,39)/t29-/m1/s1. The second kappa shape index (κ2) is 16.1. The number of carbonyl (C=O) groups is 2. The van der Waals surface area contributed by atoms with Crippen LogP contribution < -0.4 is 14.4 Å². The van der Waals surface area contributed by atoms with Crippen molar-refractivity contribution in [1.29, 1.82) is 0 Å². The number of anilines is 1. The van der Waals surface area contributed by atoms with E-state index in [2.05, 4.69) is 21.2 Å². The van der Waals surface area contributed by atoms with Crippen LogP contribution in [0.5, 0.6) is 5.75 Å². The van der Waals surface area contributed by atoms with Crippen LogP contribution in [0.1, 0.15) is 37.8 Å². The molecule has 2 amide bonds. The van der Waals surface area contributed by atoms with Crippen LogP contribution in [-0.4, -0.2) is 57.6 Å². The molecule has 1 atom stereocenters. The average Bonchev–Trinajstić information content (AvgIpc) is 2.95. The van der Waals surface area contributed by atoms with Gasteiger partial charge in [0.05, 0.1) is 24.1 Å². The molecule has 0 radical (unpaired) electrons. The van der Waals surface area contributed by atoms with Crippen molar-refractivity contribution in [3.05, 3.63) is 93.4 Å². The van der Waals surface area contributed by atoms with Crippen molar-refractivity contribution in [3.8, 4) is 5.75 Å². The summed E-state index contributed by atoms with van der Waals surface area (Å²) in [6.07, 6.45) is 1.72. The Morgan fingerprint density at radius 3 is 2.30 bits per heavy atom. The number of hydrogen-bond acceptors (Lipinski definition) is 5. The molecule has 43 heavy (non-hydrogen) atoms. The zero-order valence-corrected chi connectivity index (χ0v) is 28.1. The van der Waals surface area contributed by atoms with Crippen LogP contribution in [-0.2, 0) is 32.6 Å². The summed E-state index contributed by atoms with van der Waals surface area (Å²) in [7, 11) is -2.19. The van der Waals surface area contributed by atoms with E-state index in [1.165, 1.54) is 17.5 Å². The van der Waals surface area contributed by atoms with Crippen molar-refractivity contribution < 1.29 is 22.7 Å². The van der Waals surface area contributed by atoms with Crippen molar-refractivity contribution in [3.63, 3.8) is 0 Å². The van der Waals surface area contributed by atoms with Gasteiger partial charge in [0, 0.05) is 36.9 Å². The molecule has 0 fully saturated rings. The minimum Gasteiger partial charge on any atom is -0.495 e. The Bertz CT molecular complexity index is 1490. The van der Waals surface area contributed by atoms with Gasteiger partial charge in [0.25, 0.3) is 0 Å². The molecule has 0 spiro atoms. The van der Waals surface area contributed by atoms with Crippen LogP contribution in [0, 0.1) is 5.92 Å². The highest BCUT2D eigenvalue weighted by molar-refractivity contribution is 9.10. The molecule has 11 heteroatoms. The summed E-state index contributed by atoms with van der Waals surface area (Å²) in [5, 5.41) is 3.29. The minimum absolute atomic E-state index is 0.0344. The predicted molar refractivity (Wildman–Crippen MR) is 176 cm³/mol. The first kappa shape index (κ1) is 34.4. The topological polar surface area (TPSA) is 96.0 Å². The van der Waals surface area contributed by atoms with Crippen molar-refractivity contribution in [2.24, 2.45) is 5.92 Å². The molecule has 0 bridgehead atoms. The summed E-state index contributed by atoms with van der Waals surface area (Å²) in [6, 6.07) is 21.2. The Morgan fingerprint density at radius 2 is 1.70 bits per heavy atom. The molecule has 232 valence electrons. The van der Waals surface area contributed by atoms with Crippen LogP contribution in [0.25, 0.3) is 0 Å². The number of sulfonamides is 1. The van der Waals surface area contributed by atoms with Gasteiger partial charge < -0.3 is 15.0 Å². The molecule has 3 aromatic carbocycles. The van der Waals surface area contributed by atoms with Crippen molar-refractivity contribution in [2.75, 3.05) is 30.8 Å². The number of benzene rings is 3. The van der Waals surface area contributed by atoms with E-state index >= 15 is 0 Å². The van der Waals surface area contributed by atoms with Gasteiger partial charge in [-0.15, -0.1) is 0 Å². The molecule has 8 nitrogen and oxygen atoms in total. The Hall–Kier alpha value is -3.08. The maximum absolute atomic E-state index is 13.9. The third-order valence-corrected chi connectivity index (χ3v) is 8.76. The largest absolute Gasteiger partial charge is 0.495 e. The molecule has 3 rings (SSSR count). The molecular weight excluding hydrogens is 654 g/mol. The Kier molecular flexibility index (Phi) is 12.9. The number of hydrogen-bond donors (Lipinski definition) is 1. The van der Waals surface area contributed by atoms with Gasteiger partial charge >= 0.3 is 0 Å². The van der Waals surface area contributed by atoms with E-state index in [0.717, 1.165) is 21.9 Å². The van der Waals surface area contributed by atoms with Crippen LogP contribution in [0.3, 0.4) is 0 Å². The number of ether oxygens (including phenoxy) is 1. The number of nitrogens with one attached hydrogen (secondary N) is 1. The van der Waals surface area contributed by atoms with Crippen LogP contribution in [0.2, 0.25) is 5.02 Å². The third-order valence-electron chi connectivity index (χ3n) is 6.77. The Balaban J connectivity index is 1.89. The number of nitrogens with zero attached hydrogens (tertiary/aromatic N) is 2. The van der Waals surface area contributed by atoms with Crippen molar-refractivity contribution >= 4 is 55.1 Å². The van der Waals surface area contributed by atoms with Crippen molar-refractivity contribution in [1.82, 2.24) is 10.2 Å². The maximum Gasteiger partial charge on any atom is 0.243 e. The molecular formula is C32H39BrClN3O5S. The monoisotopic (exact) mass is 691 g/mol. The lowest BCUT2D eigenvalue weighted by Gasteiger charge is -2.32. The first-order valence-electron chi connectivity index (χ1n) is 14.1. The fraction of sp³-hybridized carbons (Fsp3) is 0.375. The average molecular weight is 693 g/mol. The fourth-order valence-electron chi connectivity index (χ4n) is 4.62. The highest BCUT2D eigenvalue weighted by atomic mass is 79.9. The molecule has 0 saturated heterocycles. The zero-order valence-electron chi connectivity index (χ0n) is 24.9. The van der Waals surface area contributed by atoms with E-state index in [0.29, 0.717) is 24.4 Å². The zero-order chi connectivity index (χ0) is 31.6. The van der Waals surface area contributed by atoms with Gasteiger partial charge in [-0.2, -0.15) is 0 Å². The smallest absolute Gasteiger partial charge is 0.243 e. The minimum atomic E-state index is -3.67. The van der Waals surface area contributed by atoms with Gasteiger partial charge in [0.2, 0.25) is 21.8 Å². The Morgan fingerprint density at radius 1 is 1.00 bits per heavy atom. The van der Waals surface area contributed by atoms with Crippen LogP contribution in [0.15, 0.2) is 77.3 Å². The fourth-order valence-corrected chi connectivity index (χ4v) is 6.28. The number of rotatable bonds is 15. The molecule has 3 aromatic rings. The van der Waals surface area contributed by atoms with Crippen molar-refractivity contribution in [2.45, 2.75) is 45.7 Å². The van der Waals surface area contributed by atoms with Gasteiger partial charge in [0.1, 0.15) is 11.8 Å². The third kappa shape index (κ3) is 10.5. The first-order chi connectivity index (χ1) is 20.4. The van der Waals surface area contributed by atoms with E-state index in [9.17, 15) is 18.0 Å². The Labute approximate surface area is 268 Å². The quantitative estimate of drug-likeness (QED) is 0.209. The number of halogens is 2. The van der Waals surface area contributed by atoms with E-state index < -0.39 is 16.1 Å². The lowest BCUT2D eigenvalue weighted by atomic mass is 10.0. The van der Waals surface area contributed by atoms with Gasteiger partial charge in [-0.3, -0.25) is 13.9 Å². The summed E-state index contributed by atoms with van der Waals surface area (Å²) in [6.45, 7) is 4.78. The van der Waals surface area contributed by atoms with Gasteiger partial charge in [-0.05, 0) is 53.8 Å². The molecule has 0 aliphatic rings. The maximum atomic E-state index is 13.9. The molecule has 0 aliphatic heterocycles. The highest BCUT2D eigenvalue weighted by Gasteiger charge is 2.30. The number of carbonyl (C=O) groups excluding carboxylic acids is 2. The van der Waals surface area contributed by atoms with Gasteiger partial charge in [0.15, 0.2) is 0 Å². The second-order valence-corrected chi connectivity index (χ2v) is 14.0. The lowest BCUT2D eigenvalue weighted by Crippen LogP contribution is -2.51. The molecule has 0 aliphatic carbocycles. The SMILES string of the molecule is COc1ccc(N(CCCC(=O)N(Cc2cccc(Br)c2)[C@H](Cc2ccccc2)C(=O)NCC(C)C)S(C)(=O)=O)cc1Cl. The summed E-state index contributed by atoms with van der Waals surface area (Å²) >= 11 is 9.77. The highest BCUT2D eigenvalue weighted by Crippen LogP contribution is 2.30. The first-order valence-corrected chi connectivity index (χ1v) is 17.1. The molecule has 1 N–H and O–H groups in total. The normalized spacial score (nSPS) is 12.1. The molecule has 0 aromatic heterocycles. The van der Waals surface area contributed by atoms with Crippen LogP contribution in [0.4, 0.5) is 5.69 Å². The summed E-state index contributed by atoms with van der Waals surface area (Å²) in [5.41, 5.74) is 2.17. The van der Waals surface area contributed by atoms with Gasteiger partial charge in [-0.1, -0.05) is 83.8 Å². The summed E-state index contributed by atoms with van der Waals surface area (Å²) in [5.74, 6) is 0.190. The molecule has 0 unspecified atom stereocenters. The van der Waals surface area contributed by atoms with Crippen LogP contribution >= 0.6 is 27.5 Å². The number of amides is 2. The van der Waals surface area contributed by atoms with E-state index in [-0.39, 0.29) is 48.7 Å². The lowest BCUT2D eigenvalue weighted by molar-refractivity contribution is -0.141. The summed E-state index contributed by atoms with van der Waals surface area (Å²) in [4.78, 5) is 29.2. The van der Waals surface area contributed by atoms with E-state index in [1.54, 1.807) is 17.0 Å². The number of methoxy groups -OCH3 is 1. The second-order valence-electron chi connectivity index (χ2n) is 10.8. The predicted octanol–water partition coefficient (Wildman–Crippen LogP) is 6.07. The van der Waals surface area contributed by atoms with E-state index in [1.807, 2.05) is 68.4 Å². The van der Waals surface area contributed by atoms with E-state index in [4.69, 9.17) is 16.3 Å². The molecule has 0 saturated carbocycles. The molecule has 0 heterocycles. The van der Waals surface area contributed by atoms with Gasteiger partial charge in [-0.25, -0.2) is 8.42 Å².